The van der Waals surface area contributed by atoms with Crippen molar-refractivity contribution in [3.8, 4) is 5.75 Å². The van der Waals surface area contributed by atoms with Gasteiger partial charge in [0.25, 0.3) is 0 Å². The first-order valence-corrected chi connectivity index (χ1v) is 7.92. The van der Waals surface area contributed by atoms with Gasteiger partial charge in [-0.05, 0) is 49.5 Å². The monoisotopic (exact) mass is 276 g/mol. The number of nitrogens with zero attached hydrogens (tertiary/aromatic N) is 1. The van der Waals surface area contributed by atoms with E-state index in [-0.39, 0.29) is 0 Å². The maximum absolute atomic E-state index is 5.90. The fourth-order valence-electron chi connectivity index (χ4n) is 2.80. The molecule has 0 radical (unpaired) electrons. The van der Waals surface area contributed by atoms with Crippen LogP contribution < -0.4 is 10.1 Å². The third-order valence-corrected chi connectivity index (χ3v) is 3.89. The summed E-state index contributed by atoms with van der Waals surface area (Å²) in [7, 11) is 0. The first kappa shape index (κ1) is 15.3. The molecule has 1 aliphatic heterocycles. The zero-order valence-electron chi connectivity index (χ0n) is 12.9. The van der Waals surface area contributed by atoms with Crippen molar-refractivity contribution in [1.29, 1.82) is 0 Å². The summed E-state index contributed by atoms with van der Waals surface area (Å²) in [6, 6.07) is 8.41. The van der Waals surface area contributed by atoms with Gasteiger partial charge in [0.1, 0.15) is 12.4 Å². The van der Waals surface area contributed by atoms with E-state index in [9.17, 15) is 0 Å². The van der Waals surface area contributed by atoms with Gasteiger partial charge in [0.05, 0.1) is 0 Å². The van der Waals surface area contributed by atoms with E-state index in [4.69, 9.17) is 4.74 Å². The Kier molecular flexibility index (Phi) is 6.34. The van der Waals surface area contributed by atoms with Crippen LogP contribution in [-0.2, 0) is 6.54 Å². The standard InChI is InChI=1S/C17H28N2O/c1-3-18-13-16-7-4-8-17(12-16)20-11-10-19-9-5-6-15(2)14-19/h4,7-8,12,15,18H,3,5-6,9-11,13-14H2,1-2H3. The summed E-state index contributed by atoms with van der Waals surface area (Å²) in [6.45, 7) is 10.7. The Morgan fingerprint density at radius 3 is 3.10 bits per heavy atom. The van der Waals surface area contributed by atoms with Crippen LogP contribution in [-0.4, -0.2) is 37.7 Å². The Hall–Kier alpha value is -1.06. The van der Waals surface area contributed by atoms with Gasteiger partial charge in [0.2, 0.25) is 0 Å². The third-order valence-electron chi connectivity index (χ3n) is 3.89. The minimum absolute atomic E-state index is 0.789. The zero-order valence-corrected chi connectivity index (χ0v) is 12.9. The van der Waals surface area contributed by atoms with Crippen molar-refractivity contribution >= 4 is 0 Å². The minimum Gasteiger partial charge on any atom is -0.492 e. The Balaban J connectivity index is 1.73. The van der Waals surface area contributed by atoms with Crippen LogP contribution in [0.5, 0.6) is 5.75 Å². The summed E-state index contributed by atoms with van der Waals surface area (Å²) in [5, 5.41) is 3.34. The van der Waals surface area contributed by atoms with Crippen molar-refractivity contribution in [2.75, 3.05) is 32.8 Å². The molecular weight excluding hydrogens is 248 g/mol. The van der Waals surface area contributed by atoms with E-state index in [1.54, 1.807) is 0 Å². The van der Waals surface area contributed by atoms with Crippen LogP contribution in [0.15, 0.2) is 24.3 Å². The lowest BCUT2D eigenvalue weighted by atomic mass is 10.0. The van der Waals surface area contributed by atoms with Crippen molar-refractivity contribution < 1.29 is 4.74 Å². The second-order valence-electron chi connectivity index (χ2n) is 5.82. The fourth-order valence-corrected chi connectivity index (χ4v) is 2.80. The summed E-state index contributed by atoms with van der Waals surface area (Å²) in [5.74, 6) is 1.83. The van der Waals surface area contributed by atoms with Gasteiger partial charge in [0, 0.05) is 19.6 Å². The van der Waals surface area contributed by atoms with Crippen LogP contribution in [0.4, 0.5) is 0 Å². The second kappa shape index (κ2) is 8.28. The number of hydrogen-bond donors (Lipinski definition) is 1. The second-order valence-corrected chi connectivity index (χ2v) is 5.82. The highest BCUT2D eigenvalue weighted by atomic mass is 16.5. The SMILES string of the molecule is CCNCc1cccc(OCCN2CCCC(C)C2)c1. The topological polar surface area (TPSA) is 24.5 Å². The van der Waals surface area contributed by atoms with E-state index in [1.807, 2.05) is 6.07 Å². The zero-order chi connectivity index (χ0) is 14.2. The Morgan fingerprint density at radius 2 is 2.30 bits per heavy atom. The number of nitrogens with one attached hydrogen (secondary N) is 1. The molecule has 1 aliphatic rings. The highest BCUT2D eigenvalue weighted by Gasteiger charge is 2.15. The lowest BCUT2D eigenvalue weighted by molar-refractivity contribution is 0.153. The number of benzene rings is 1. The summed E-state index contributed by atoms with van der Waals surface area (Å²) >= 11 is 0. The van der Waals surface area contributed by atoms with E-state index in [0.29, 0.717) is 0 Å². The summed E-state index contributed by atoms with van der Waals surface area (Å²) in [6.07, 6.45) is 2.71. The highest BCUT2D eigenvalue weighted by molar-refractivity contribution is 5.28. The molecule has 1 aromatic carbocycles. The van der Waals surface area contributed by atoms with Crippen LogP contribution >= 0.6 is 0 Å². The van der Waals surface area contributed by atoms with E-state index in [2.05, 4.69) is 42.3 Å². The van der Waals surface area contributed by atoms with Gasteiger partial charge in [-0.25, -0.2) is 0 Å². The first-order chi connectivity index (χ1) is 9.78. The smallest absolute Gasteiger partial charge is 0.119 e. The van der Waals surface area contributed by atoms with Crippen molar-refractivity contribution in [3.05, 3.63) is 29.8 Å². The largest absolute Gasteiger partial charge is 0.492 e. The molecule has 2 rings (SSSR count). The Bertz CT molecular complexity index is 394. The number of piperidine rings is 1. The molecule has 3 nitrogen and oxygen atoms in total. The lowest BCUT2D eigenvalue weighted by Gasteiger charge is -2.30. The fraction of sp³-hybridized carbons (Fsp3) is 0.647. The molecule has 0 aromatic heterocycles. The average molecular weight is 276 g/mol. The molecule has 0 amide bonds. The lowest BCUT2D eigenvalue weighted by Crippen LogP contribution is -2.37. The van der Waals surface area contributed by atoms with Gasteiger partial charge in [-0.3, -0.25) is 4.90 Å². The number of ether oxygens (including phenoxy) is 1. The number of likely N-dealkylation sites (tertiary alicyclic amines) is 1. The van der Waals surface area contributed by atoms with Crippen molar-refractivity contribution in [1.82, 2.24) is 10.2 Å². The molecule has 1 aromatic rings. The van der Waals surface area contributed by atoms with Gasteiger partial charge in [-0.2, -0.15) is 0 Å². The number of hydrogen-bond acceptors (Lipinski definition) is 3. The van der Waals surface area contributed by atoms with Crippen molar-refractivity contribution in [2.45, 2.75) is 33.2 Å². The molecule has 1 saturated heterocycles. The van der Waals surface area contributed by atoms with Crippen molar-refractivity contribution in [2.24, 2.45) is 5.92 Å². The molecule has 1 atom stereocenters. The van der Waals surface area contributed by atoms with Crippen molar-refractivity contribution in [3.63, 3.8) is 0 Å². The average Bonchev–Trinajstić information content (AvgIpc) is 2.46. The van der Waals surface area contributed by atoms with Gasteiger partial charge in [0.15, 0.2) is 0 Å². The van der Waals surface area contributed by atoms with Crippen LogP contribution in [0.1, 0.15) is 32.3 Å². The number of rotatable bonds is 7. The molecule has 1 fully saturated rings. The molecule has 20 heavy (non-hydrogen) atoms. The van der Waals surface area contributed by atoms with Crippen LogP contribution in [0.2, 0.25) is 0 Å². The third kappa shape index (κ3) is 5.14. The van der Waals surface area contributed by atoms with Crippen LogP contribution in [0.3, 0.4) is 0 Å². The molecule has 0 aliphatic carbocycles. The van der Waals surface area contributed by atoms with E-state index < -0.39 is 0 Å². The summed E-state index contributed by atoms with van der Waals surface area (Å²) < 4.78 is 5.90. The van der Waals surface area contributed by atoms with Gasteiger partial charge in [-0.1, -0.05) is 26.0 Å². The van der Waals surface area contributed by atoms with Gasteiger partial charge >= 0.3 is 0 Å². The summed E-state index contributed by atoms with van der Waals surface area (Å²) in [5.41, 5.74) is 1.29. The molecule has 0 saturated carbocycles. The molecule has 0 spiro atoms. The quantitative estimate of drug-likeness (QED) is 0.829. The molecule has 1 N–H and O–H groups in total. The van der Waals surface area contributed by atoms with Crippen LogP contribution in [0.25, 0.3) is 0 Å². The maximum Gasteiger partial charge on any atom is 0.119 e. The Labute approximate surface area is 123 Å². The molecule has 0 bridgehead atoms. The predicted octanol–water partition coefficient (Wildman–Crippen LogP) is 2.91. The molecule has 112 valence electrons. The van der Waals surface area contributed by atoms with E-state index in [1.165, 1.54) is 31.5 Å². The first-order valence-electron chi connectivity index (χ1n) is 7.92. The maximum atomic E-state index is 5.90. The minimum atomic E-state index is 0.789. The van der Waals surface area contributed by atoms with Gasteiger partial charge in [-0.15, -0.1) is 0 Å². The molecule has 1 unspecified atom stereocenters. The van der Waals surface area contributed by atoms with Gasteiger partial charge < -0.3 is 10.1 Å². The molecule has 3 heteroatoms. The highest BCUT2D eigenvalue weighted by Crippen LogP contribution is 2.16. The molecular formula is C17H28N2O. The van der Waals surface area contributed by atoms with Crippen LogP contribution in [0, 0.1) is 5.92 Å². The molecule has 1 heterocycles. The summed E-state index contributed by atoms with van der Waals surface area (Å²) in [4.78, 5) is 2.52. The van der Waals surface area contributed by atoms with E-state index in [0.717, 1.165) is 37.9 Å². The Morgan fingerprint density at radius 1 is 1.40 bits per heavy atom. The normalized spacial score (nSPS) is 20.0. The predicted molar refractivity (Wildman–Crippen MR) is 84.2 cm³/mol. The van der Waals surface area contributed by atoms with E-state index >= 15 is 0 Å².